The Morgan fingerprint density at radius 2 is 2.00 bits per heavy atom. The molecule has 0 atom stereocenters. The maximum atomic E-state index is 13.7. The molecule has 0 radical (unpaired) electrons. The molecular weight excluding hydrogens is 458 g/mol. The molecule has 0 aliphatic carbocycles. The van der Waals surface area contributed by atoms with E-state index in [4.69, 9.17) is 4.74 Å². The lowest BCUT2D eigenvalue weighted by Crippen LogP contribution is -2.57. The second kappa shape index (κ2) is 8.77. The van der Waals surface area contributed by atoms with Gasteiger partial charge in [-0.25, -0.2) is 15.0 Å². The Morgan fingerprint density at radius 3 is 2.66 bits per heavy atom. The van der Waals surface area contributed by atoms with Crippen LogP contribution in [-0.4, -0.2) is 57.4 Å². The van der Waals surface area contributed by atoms with Crippen molar-refractivity contribution in [2.75, 3.05) is 41.8 Å². The molecule has 1 amide bonds. The predicted molar refractivity (Wildman–Crippen MR) is 125 cm³/mol. The van der Waals surface area contributed by atoms with Crippen molar-refractivity contribution in [3.63, 3.8) is 0 Å². The van der Waals surface area contributed by atoms with Gasteiger partial charge >= 0.3 is 5.92 Å². The SMILES string of the molecule is CC(=O)Nc1cc(Nc2ccnc(C(C)(F)F)n2)c(-c2ccc(N3CC4(CCOC4)C3)nn2)cn1. The summed E-state index contributed by atoms with van der Waals surface area (Å²) >= 11 is 0. The standard InChI is InChI=1S/C23H24F2N8O2/c1-14(34)28-19-9-17(29-18-5-7-26-21(30-18)22(2,24)25)15(10-27-19)16-3-4-20(32-31-16)33-11-23(12-33)6-8-35-13-23/h3-5,7,9-10H,6,8,11-13H2,1-2H3,(H2,26,27,28,29,30,34). The third-order valence-corrected chi connectivity index (χ3v) is 6.01. The number of ether oxygens (including phenoxy) is 1. The van der Waals surface area contributed by atoms with E-state index in [1.54, 1.807) is 6.07 Å². The Bertz CT molecular complexity index is 1240. The number of anilines is 4. The summed E-state index contributed by atoms with van der Waals surface area (Å²) in [5.41, 5.74) is 1.77. The van der Waals surface area contributed by atoms with Gasteiger partial charge in [0, 0.05) is 63.0 Å². The van der Waals surface area contributed by atoms with Crippen LogP contribution < -0.4 is 15.5 Å². The average molecular weight is 482 g/mol. The van der Waals surface area contributed by atoms with Crippen molar-refractivity contribution in [1.29, 1.82) is 0 Å². The van der Waals surface area contributed by atoms with Gasteiger partial charge in [-0.05, 0) is 24.6 Å². The molecule has 0 bridgehead atoms. The highest BCUT2D eigenvalue weighted by Gasteiger charge is 2.46. The molecule has 35 heavy (non-hydrogen) atoms. The van der Waals surface area contributed by atoms with Crippen LogP contribution in [0.4, 0.5) is 31.9 Å². The molecule has 3 aromatic heterocycles. The van der Waals surface area contributed by atoms with Gasteiger partial charge < -0.3 is 20.3 Å². The highest BCUT2D eigenvalue weighted by molar-refractivity contribution is 5.89. The molecule has 2 aliphatic rings. The molecular formula is C23H24F2N8O2. The first-order valence-electron chi connectivity index (χ1n) is 11.1. The Hall–Kier alpha value is -3.80. The number of pyridine rings is 1. The van der Waals surface area contributed by atoms with Crippen LogP contribution in [0.2, 0.25) is 0 Å². The summed E-state index contributed by atoms with van der Waals surface area (Å²) in [6.45, 7) is 5.46. The molecule has 12 heteroatoms. The third kappa shape index (κ3) is 4.87. The van der Waals surface area contributed by atoms with E-state index < -0.39 is 11.7 Å². The number of carbonyl (C=O) groups is 1. The Morgan fingerprint density at radius 1 is 1.17 bits per heavy atom. The largest absolute Gasteiger partial charge is 0.381 e. The van der Waals surface area contributed by atoms with E-state index >= 15 is 0 Å². The topological polar surface area (TPSA) is 118 Å². The van der Waals surface area contributed by atoms with Crippen molar-refractivity contribution in [2.24, 2.45) is 5.41 Å². The van der Waals surface area contributed by atoms with E-state index in [0.717, 1.165) is 45.5 Å². The second-order valence-corrected chi connectivity index (χ2v) is 9.01. The van der Waals surface area contributed by atoms with Gasteiger partial charge in [0.1, 0.15) is 11.6 Å². The number of nitrogens with one attached hydrogen (secondary N) is 2. The van der Waals surface area contributed by atoms with Crippen LogP contribution >= 0.6 is 0 Å². The number of aromatic nitrogens is 5. The Kier molecular flexibility index (Phi) is 5.75. The maximum absolute atomic E-state index is 13.7. The fraction of sp³-hybridized carbons (Fsp3) is 0.391. The minimum Gasteiger partial charge on any atom is -0.381 e. The van der Waals surface area contributed by atoms with Crippen molar-refractivity contribution in [3.05, 3.63) is 42.5 Å². The van der Waals surface area contributed by atoms with Crippen LogP contribution in [0, 0.1) is 5.41 Å². The highest BCUT2D eigenvalue weighted by Crippen LogP contribution is 2.40. The first-order valence-corrected chi connectivity index (χ1v) is 11.1. The zero-order valence-corrected chi connectivity index (χ0v) is 19.3. The van der Waals surface area contributed by atoms with Gasteiger partial charge in [-0.2, -0.15) is 8.78 Å². The summed E-state index contributed by atoms with van der Waals surface area (Å²) in [4.78, 5) is 25.5. The van der Waals surface area contributed by atoms with Crippen molar-refractivity contribution in [1.82, 2.24) is 25.1 Å². The zero-order chi connectivity index (χ0) is 24.6. The van der Waals surface area contributed by atoms with Crippen molar-refractivity contribution in [3.8, 4) is 11.3 Å². The van der Waals surface area contributed by atoms with Crippen LogP contribution in [0.15, 0.2) is 36.7 Å². The molecule has 3 aromatic rings. The van der Waals surface area contributed by atoms with E-state index in [0.29, 0.717) is 16.9 Å². The van der Waals surface area contributed by atoms with Gasteiger partial charge in [-0.15, -0.1) is 10.2 Å². The normalized spacial score (nSPS) is 16.7. The minimum atomic E-state index is -3.19. The van der Waals surface area contributed by atoms with Crippen molar-refractivity contribution >= 4 is 29.0 Å². The Labute approximate surface area is 200 Å². The molecule has 0 saturated carbocycles. The summed E-state index contributed by atoms with van der Waals surface area (Å²) in [5, 5.41) is 14.4. The summed E-state index contributed by atoms with van der Waals surface area (Å²) in [6.07, 6.45) is 3.84. The fourth-order valence-electron chi connectivity index (χ4n) is 4.25. The molecule has 0 unspecified atom stereocenters. The quantitative estimate of drug-likeness (QED) is 0.545. The van der Waals surface area contributed by atoms with Crippen LogP contribution in [0.1, 0.15) is 26.1 Å². The highest BCUT2D eigenvalue weighted by atomic mass is 19.3. The molecule has 2 fully saturated rings. The number of rotatable bonds is 6. The van der Waals surface area contributed by atoms with Gasteiger partial charge in [0.15, 0.2) is 5.82 Å². The van der Waals surface area contributed by atoms with Gasteiger partial charge in [0.05, 0.1) is 18.0 Å². The van der Waals surface area contributed by atoms with E-state index in [9.17, 15) is 13.6 Å². The number of hydrogen-bond acceptors (Lipinski definition) is 9. The molecule has 2 saturated heterocycles. The second-order valence-electron chi connectivity index (χ2n) is 9.01. The average Bonchev–Trinajstić information content (AvgIpc) is 3.28. The molecule has 1 spiro atoms. The molecule has 10 nitrogen and oxygen atoms in total. The van der Waals surface area contributed by atoms with E-state index in [1.807, 2.05) is 12.1 Å². The molecule has 2 aliphatic heterocycles. The third-order valence-electron chi connectivity index (χ3n) is 6.01. The van der Waals surface area contributed by atoms with Gasteiger partial charge in [-0.3, -0.25) is 4.79 Å². The van der Waals surface area contributed by atoms with Crippen LogP contribution in [0.3, 0.4) is 0 Å². The maximum Gasteiger partial charge on any atom is 0.303 e. The van der Waals surface area contributed by atoms with Crippen LogP contribution in [-0.2, 0) is 15.5 Å². The number of alkyl halides is 2. The lowest BCUT2D eigenvalue weighted by atomic mass is 9.79. The summed E-state index contributed by atoms with van der Waals surface area (Å²) in [6, 6.07) is 6.76. The number of nitrogens with zero attached hydrogens (tertiary/aromatic N) is 6. The van der Waals surface area contributed by atoms with Crippen LogP contribution in [0.5, 0.6) is 0 Å². The fourth-order valence-corrected chi connectivity index (χ4v) is 4.25. The lowest BCUT2D eigenvalue weighted by Gasteiger charge is -2.47. The number of halogens is 2. The van der Waals surface area contributed by atoms with Gasteiger partial charge in [0.25, 0.3) is 0 Å². The van der Waals surface area contributed by atoms with E-state index in [1.165, 1.54) is 25.4 Å². The molecule has 5 heterocycles. The predicted octanol–water partition coefficient (Wildman–Crippen LogP) is 3.37. The molecule has 2 N–H and O–H groups in total. The summed E-state index contributed by atoms with van der Waals surface area (Å²) in [5.74, 6) is -2.88. The number of carbonyl (C=O) groups excluding carboxylic acids is 1. The van der Waals surface area contributed by atoms with E-state index in [2.05, 4.69) is 40.7 Å². The smallest absolute Gasteiger partial charge is 0.303 e. The van der Waals surface area contributed by atoms with Crippen molar-refractivity contribution < 1.29 is 18.3 Å². The first-order chi connectivity index (χ1) is 16.7. The summed E-state index contributed by atoms with van der Waals surface area (Å²) in [7, 11) is 0. The lowest BCUT2D eigenvalue weighted by molar-refractivity contribution is -0.114. The zero-order valence-electron chi connectivity index (χ0n) is 19.3. The molecule has 5 rings (SSSR count). The van der Waals surface area contributed by atoms with E-state index in [-0.39, 0.29) is 23.0 Å². The monoisotopic (exact) mass is 482 g/mol. The van der Waals surface area contributed by atoms with Gasteiger partial charge in [0.2, 0.25) is 11.7 Å². The van der Waals surface area contributed by atoms with Gasteiger partial charge in [-0.1, -0.05) is 0 Å². The number of amides is 1. The molecule has 182 valence electrons. The molecule has 0 aromatic carbocycles. The first kappa shape index (κ1) is 23.0. The summed E-state index contributed by atoms with van der Waals surface area (Å²) < 4.78 is 33.0. The number of hydrogen-bond donors (Lipinski definition) is 2. The van der Waals surface area contributed by atoms with Crippen LogP contribution in [0.25, 0.3) is 11.3 Å². The Balaban J connectivity index is 1.42. The van der Waals surface area contributed by atoms with Crippen molar-refractivity contribution in [2.45, 2.75) is 26.2 Å². The minimum absolute atomic E-state index is 0.159.